The number of carbonyl (C=O) groups excluding carboxylic acids is 1. The Kier molecular flexibility index (Phi) is 4.08. The molecule has 1 aromatic carbocycles. The molecule has 0 N–H and O–H groups in total. The minimum absolute atomic E-state index is 0.0515. The Labute approximate surface area is 141 Å². The average Bonchev–Trinajstić information content (AvgIpc) is 3.24. The van der Waals surface area contributed by atoms with Crippen LogP contribution < -0.4 is 9.64 Å². The fourth-order valence-corrected chi connectivity index (χ4v) is 4.21. The SMILES string of the molecule is COc1cc(F)ccc1N1CCN(C(=O)[C@@H]2C[C@H]3CC[C@@H]2O3)CC1. The normalized spacial score (nSPS) is 29.2. The second-order valence-electron chi connectivity index (χ2n) is 6.84. The predicted molar refractivity (Wildman–Crippen MR) is 87.7 cm³/mol. The van der Waals surface area contributed by atoms with Crippen LogP contribution in [0.25, 0.3) is 0 Å². The van der Waals surface area contributed by atoms with Crippen molar-refractivity contribution in [1.82, 2.24) is 4.90 Å². The quantitative estimate of drug-likeness (QED) is 0.848. The number of halogens is 1. The lowest BCUT2D eigenvalue weighted by Crippen LogP contribution is -2.51. The standard InChI is InChI=1S/C18H23FN2O3/c1-23-17-10-12(19)2-4-15(17)20-6-8-21(9-7-20)18(22)14-11-13-3-5-16(14)24-13/h2,4,10,13-14,16H,3,5-9,11H2,1H3/t13-,14-,16+/m1/s1. The van der Waals surface area contributed by atoms with E-state index in [9.17, 15) is 9.18 Å². The van der Waals surface area contributed by atoms with E-state index >= 15 is 0 Å². The summed E-state index contributed by atoms with van der Waals surface area (Å²) in [6.07, 6.45) is 3.45. The lowest BCUT2D eigenvalue weighted by atomic mass is 9.88. The maximum atomic E-state index is 13.4. The molecule has 3 atom stereocenters. The van der Waals surface area contributed by atoms with Crippen LogP contribution in [0.2, 0.25) is 0 Å². The zero-order valence-electron chi connectivity index (χ0n) is 13.9. The van der Waals surface area contributed by atoms with Gasteiger partial charge in [-0.3, -0.25) is 4.79 Å². The summed E-state index contributed by atoms with van der Waals surface area (Å²) in [4.78, 5) is 16.9. The van der Waals surface area contributed by atoms with Gasteiger partial charge in [0, 0.05) is 32.2 Å². The van der Waals surface area contributed by atoms with Crippen LogP contribution in [0.5, 0.6) is 5.75 Å². The van der Waals surface area contributed by atoms with Gasteiger partial charge in [-0.05, 0) is 31.4 Å². The molecule has 0 unspecified atom stereocenters. The van der Waals surface area contributed by atoms with E-state index in [2.05, 4.69) is 4.90 Å². The molecule has 24 heavy (non-hydrogen) atoms. The summed E-state index contributed by atoms with van der Waals surface area (Å²) in [6, 6.07) is 4.59. The van der Waals surface area contributed by atoms with Gasteiger partial charge in [0.15, 0.2) is 0 Å². The van der Waals surface area contributed by atoms with Crippen molar-refractivity contribution in [3.63, 3.8) is 0 Å². The van der Waals surface area contributed by atoms with Crippen molar-refractivity contribution in [1.29, 1.82) is 0 Å². The summed E-state index contributed by atoms with van der Waals surface area (Å²) in [5, 5.41) is 0. The van der Waals surface area contributed by atoms with E-state index in [1.54, 1.807) is 13.2 Å². The molecule has 130 valence electrons. The van der Waals surface area contributed by atoms with Gasteiger partial charge >= 0.3 is 0 Å². The van der Waals surface area contributed by atoms with E-state index in [-0.39, 0.29) is 23.7 Å². The van der Waals surface area contributed by atoms with Gasteiger partial charge in [0.05, 0.1) is 30.9 Å². The van der Waals surface area contributed by atoms with Gasteiger partial charge in [-0.2, -0.15) is 0 Å². The molecule has 5 nitrogen and oxygen atoms in total. The Morgan fingerprint density at radius 2 is 2.04 bits per heavy atom. The highest BCUT2D eigenvalue weighted by molar-refractivity contribution is 5.80. The molecule has 4 rings (SSSR count). The lowest BCUT2D eigenvalue weighted by molar-refractivity contribution is -0.137. The summed E-state index contributed by atoms with van der Waals surface area (Å²) in [6.45, 7) is 2.84. The molecule has 3 aliphatic rings. The van der Waals surface area contributed by atoms with Gasteiger partial charge in [0.25, 0.3) is 0 Å². The number of hydrogen-bond acceptors (Lipinski definition) is 4. The molecule has 0 spiro atoms. The first-order valence-corrected chi connectivity index (χ1v) is 8.68. The number of benzene rings is 1. The third-order valence-corrected chi connectivity index (χ3v) is 5.50. The van der Waals surface area contributed by atoms with Crippen molar-refractivity contribution in [2.24, 2.45) is 5.92 Å². The van der Waals surface area contributed by atoms with Crippen LogP contribution in [-0.2, 0) is 9.53 Å². The van der Waals surface area contributed by atoms with Crippen LogP contribution in [0.15, 0.2) is 18.2 Å². The van der Waals surface area contributed by atoms with Crippen molar-refractivity contribution >= 4 is 11.6 Å². The van der Waals surface area contributed by atoms with Crippen molar-refractivity contribution in [2.45, 2.75) is 31.5 Å². The van der Waals surface area contributed by atoms with Gasteiger partial charge in [0.1, 0.15) is 11.6 Å². The highest BCUT2D eigenvalue weighted by Crippen LogP contribution is 2.40. The predicted octanol–water partition coefficient (Wildman–Crippen LogP) is 2.05. The summed E-state index contributed by atoms with van der Waals surface area (Å²) in [7, 11) is 1.55. The van der Waals surface area contributed by atoms with E-state index in [0.717, 1.165) is 38.0 Å². The van der Waals surface area contributed by atoms with Gasteiger partial charge in [-0.25, -0.2) is 4.39 Å². The fraction of sp³-hybridized carbons (Fsp3) is 0.611. The van der Waals surface area contributed by atoms with E-state index in [1.165, 1.54) is 12.1 Å². The zero-order valence-corrected chi connectivity index (χ0v) is 13.9. The van der Waals surface area contributed by atoms with Crippen LogP contribution in [-0.4, -0.2) is 56.3 Å². The largest absolute Gasteiger partial charge is 0.494 e. The van der Waals surface area contributed by atoms with Gasteiger partial charge in [0.2, 0.25) is 5.91 Å². The molecule has 1 amide bonds. The Morgan fingerprint density at radius 3 is 2.67 bits per heavy atom. The third kappa shape index (κ3) is 2.73. The van der Waals surface area contributed by atoms with Crippen LogP contribution in [0.1, 0.15) is 19.3 Å². The molecule has 0 aliphatic carbocycles. The summed E-state index contributed by atoms with van der Waals surface area (Å²) in [5.74, 6) is 0.528. The number of carbonyl (C=O) groups is 1. The van der Waals surface area contributed by atoms with Crippen molar-refractivity contribution in [2.75, 3.05) is 38.2 Å². The minimum atomic E-state index is -0.305. The number of amides is 1. The lowest BCUT2D eigenvalue weighted by Gasteiger charge is -2.38. The van der Waals surface area contributed by atoms with E-state index in [0.29, 0.717) is 24.9 Å². The molecule has 3 saturated heterocycles. The Bertz CT molecular complexity index is 631. The topological polar surface area (TPSA) is 42.0 Å². The van der Waals surface area contributed by atoms with Crippen LogP contribution in [0.4, 0.5) is 10.1 Å². The van der Waals surface area contributed by atoms with E-state index < -0.39 is 0 Å². The summed E-state index contributed by atoms with van der Waals surface area (Å²) >= 11 is 0. The molecular formula is C18H23FN2O3. The number of ether oxygens (including phenoxy) is 2. The molecule has 0 aromatic heterocycles. The molecule has 3 heterocycles. The molecule has 3 fully saturated rings. The van der Waals surface area contributed by atoms with Crippen LogP contribution in [0, 0.1) is 11.7 Å². The number of methoxy groups -OCH3 is 1. The second-order valence-corrected chi connectivity index (χ2v) is 6.84. The second kappa shape index (κ2) is 6.24. The van der Waals surface area contributed by atoms with Crippen molar-refractivity contribution in [3.8, 4) is 5.75 Å². The van der Waals surface area contributed by atoms with Crippen LogP contribution in [0.3, 0.4) is 0 Å². The van der Waals surface area contributed by atoms with Crippen molar-refractivity contribution in [3.05, 3.63) is 24.0 Å². The molecule has 3 aliphatic heterocycles. The number of piperazine rings is 1. The highest BCUT2D eigenvalue weighted by atomic mass is 19.1. The first-order chi connectivity index (χ1) is 11.7. The van der Waals surface area contributed by atoms with Crippen molar-refractivity contribution < 1.29 is 18.7 Å². The molecule has 0 saturated carbocycles. The number of fused-ring (bicyclic) bond motifs is 2. The minimum Gasteiger partial charge on any atom is -0.494 e. The van der Waals surface area contributed by atoms with E-state index in [4.69, 9.17) is 9.47 Å². The first kappa shape index (κ1) is 15.7. The van der Waals surface area contributed by atoms with E-state index in [1.807, 2.05) is 4.90 Å². The highest BCUT2D eigenvalue weighted by Gasteiger charge is 2.46. The summed E-state index contributed by atoms with van der Waals surface area (Å²) < 4.78 is 24.5. The molecular weight excluding hydrogens is 311 g/mol. The summed E-state index contributed by atoms with van der Waals surface area (Å²) in [5.41, 5.74) is 0.884. The van der Waals surface area contributed by atoms with Gasteiger partial charge in [-0.15, -0.1) is 0 Å². The third-order valence-electron chi connectivity index (χ3n) is 5.50. The Hall–Kier alpha value is -1.82. The zero-order chi connectivity index (χ0) is 16.7. The number of anilines is 1. The number of nitrogens with zero attached hydrogens (tertiary/aromatic N) is 2. The molecule has 1 aromatic rings. The number of rotatable bonds is 3. The molecule has 2 bridgehead atoms. The fourth-order valence-electron chi connectivity index (χ4n) is 4.21. The van der Waals surface area contributed by atoms with Gasteiger partial charge < -0.3 is 19.3 Å². The number of hydrogen-bond donors (Lipinski definition) is 0. The Morgan fingerprint density at radius 1 is 1.25 bits per heavy atom. The monoisotopic (exact) mass is 334 g/mol. The smallest absolute Gasteiger partial charge is 0.228 e. The first-order valence-electron chi connectivity index (χ1n) is 8.68. The average molecular weight is 334 g/mol. The molecule has 0 radical (unpaired) electrons. The van der Waals surface area contributed by atoms with Gasteiger partial charge in [-0.1, -0.05) is 0 Å². The maximum Gasteiger partial charge on any atom is 0.228 e. The molecule has 6 heteroatoms. The van der Waals surface area contributed by atoms with Crippen LogP contribution >= 0.6 is 0 Å². The maximum absolute atomic E-state index is 13.4. The Balaban J connectivity index is 1.39.